The summed E-state index contributed by atoms with van der Waals surface area (Å²) in [4.78, 5) is 13.4. The third-order valence-corrected chi connectivity index (χ3v) is 5.27. The maximum absolute atomic E-state index is 13.9. The average molecular weight is 404 g/mol. The van der Waals surface area contributed by atoms with E-state index in [1.54, 1.807) is 19.1 Å². The molecule has 0 spiro atoms. The van der Waals surface area contributed by atoms with Crippen molar-refractivity contribution in [3.05, 3.63) is 93.4 Å². The highest BCUT2D eigenvalue weighted by molar-refractivity contribution is 7.10. The summed E-state index contributed by atoms with van der Waals surface area (Å²) < 4.78 is 40.1. The van der Waals surface area contributed by atoms with Crippen molar-refractivity contribution in [1.82, 2.24) is 10.6 Å². The van der Waals surface area contributed by atoms with E-state index < -0.39 is 23.7 Å². The van der Waals surface area contributed by atoms with E-state index in [-0.39, 0.29) is 23.8 Å². The highest BCUT2D eigenvalue weighted by atomic mass is 32.1. The van der Waals surface area contributed by atoms with Gasteiger partial charge in [0.2, 0.25) is 5.91 Å². The minimum absolute atomic E-state index is 0.0545. The molecule has 0 aliphatic carbocycles. The predicted molar refractivity (Wildman–Crippen MR) is 103 cm³/mol. The maximum Gasteiger partial charge on any atom is 0.234 e. The van der Waals surface area contributed by atoms with Crippen molar-refractivity contribution in [1.29, 1.82) is 0 Å². The zero-order chi connectivity index (χ0) is 20.1. The minimum atomic E-state index is -0.664. The molecular formula is C21H19F3N2OS. The molecular weight excluding hydrogens is 385 g/mol. The minimum Gasteiger partial charge on any atom is -0.343 e. The Morgan fingerprint density at radius 1 is 1.04 bits per heavy atom. The van der Waals surface area contributed by atoms with Gasteiger partial charge in [-0.3, -0.25) is 4.79 Å². The Hall–Kier alpha value is -2.64. The molecule has 1 amide bonds. The number of hydrogen-bond acceptors (Lipinski definition) is 3. The van der Waals surface area contributed by atoms with Gasteiger partial charge < -0.3 is 10.6 Å². The summed E-state index contributed by atoms with van der Waals surface area (Å²) in [7, 11) is 0. The number of thiophene rings is 1. The Morgan fingerprint density at radius 2 is 1.75 bits per heavy atom. The summed E-state index contributed by atoms with van der Waals surface area (Å²) in [6, 6.07) is 12.2. The molecule has 0 aliphatic heterocycles. The lowest BCUT2D eigenvalue weighted by Gasteiger charge is -2.20. The van der Waals surface area contributed by atoms with Crippen LogP contribution in [-0.2, 0) is 4.79 Å². The quantitative estimate of drug-likeness (QED) is 0.598. The van der Waals surface area contributed by atoms with Crippen LogP contribution in [0.3, 0.4) is 0 Å². The summed E-state index contributed by atoms with van der Waals surface area (Å²) in [5.41, 5.74) is 1.04. The monoisotopic (exact) mass is 404 g/mol. The molecule has 0 aliphatic rings. The number of nitrogens with one attached hydrogen (secondary N) is 2. The van der Waals surface area contributed by atoms with Crippen molar-refractivity contribution in [3.8, 4) is 0 Å². The van der Waals surface area contributed by atoms with E-state index in [0.717, 1.165) is 16.5 Å². The largest absolute Gasteiger partial charge is 0.343 e. The molecule has 28 heavy (non-hydrogen) atoms. The molecule has 0 saturated heterocycles. The molecule has 0 fully saturated rings. The first-order valence-corrected chi connectivity index (χ1v) is 9.58. The van der Waals surface area contributed by atoms with Gasteiger partial charge in [-0.05, 0) is 42.1 Å². The molecule has 0 radical (unpaired) electrons. The van der Waals surface area contributed by atoms with Crippen molar-refractivity contribution in [3.63, 3.8) is 0 Å². The molecule has 1 heterocycles. The molecule has 7 heteroatoms. The Labute approximate surface area is 165 Å². The number of hydrogen-bond donors (Lipinski definition) is 2. The molecule has 3 nitrogen and oxygen atoms in total. The van der Waals surface area contributed by atoms with E-state index in [2.05, 4.69) is 10.6 Å². The van der Waals surface area contributed by atoms with Gasteiger partial charge in [-0.1, -0.05) is 24.3 Å². The molecule has 0 unspecified atom stereocenters. The van der Waals surface area contributed by atoms with E-state index >= 15 is 0 Å². The summed E-state index contributed by atoms with van der Waals surface area (Å²) >= 11 is 1.48. The third kappa shape index (κ3) is 4.99. The SMILES string of the molecule is C[C@H](NCC(=O)N[C@@H](c1ccc(F)cc1)c1cccs1)c1ccc(F)cc1F. The number of halogens is 3. The van der Waals surface area contributed by atoms with Gasteiger partial charge in [0, 0.05) is 22.5 Å². The van der Waals surface area contributed by atoms with Crippen LogP contribution in [0.15, 0.2) is 60.0 Å². The molecule has 0 saturated carbocycles. The standard InChI is InChI=1S/C21H19F3N2OS/c1-13(17-9-8-16(23)11-18(17)24)25-12-20(27)26-21(19-3-2-10-28-19)14-4-6-15(22)7-5-14/h2-11,13,21,25H,12H2,1H3,(H,26,27)/t13-,21-/m0/s1. The smallest absolute Gasteiger partial charge is 0.234 e. The summed E-state index contributed by atoms with van der Waals surface area (Å²) in [6.45, 7) is 1.64. The third-order valence-electron chi connectivity index (χ3n) is 4.33. The number of benzene rings is 2. The van der Waals surface area contributed by atoms with Gasteiger partial charge in [0.25, 0.3) is 0 Å². The van der Waals surface area contributed by atoms with Crippen LogP contribution in [0.4, 0.5) is 13.2 Å². The highest BCUT2D eigenvalue weighted by Gasteiger charge is 2.19. The van der Waals surface area contributed by atoms with Crippen molar-refractivity contribution in [2.24, 2.45) is 0 Å². The van der Waals surface area contributed by atoms with E-state index in [1.165, 1.54) is 35.6 Å². The van der Waals surface area contributed by atoms with Crippen LogP contribution in [0, 0.1) is 17.5 Å². The molecule has 0 bridgehead atoms. The first kappa shape index (κ1) is 20.1. The number of carbonyl (C=O) groups excluding carboxylic acids is 1. The Balaban J connectivity index is 1.66. The fourth-order valence-electron chi connectivity index (χ4n) is 2.85. The van der Waals surface area contributed by atoms with Gasteiger partial charge in [-0.2, -0.15) is 0 Å². The Kier molecular flexibility index (Phi) is 6.49. The Morgan fingerprint density at radius 3 is 2.39 bits per heavy atom. The zero-order valence-electron chi connectivity index (χ0n) is 15.1. The lowest BCUT2D eigenvalue weighted by molar-refractivity contribution is -0.120. The molecule has 3 aromatic rings. The highest BCUT2D eigenvalue weighted by Crippen LogP contribution is 2.26. The first-order chi connectivity index (χ1) is 13.4. The van der Waals surface area contributed by atoms with Crippen molar-refractivity contribution < 1.29 is 18.0 Å². The summed E-state index contributed by atoms with van der Waals surface area (Å²) in [5.74, 6) is -1.96. The van der Waals surface area contributed by atoms with Gasteiger partial charge in [0.15, 0.2) is 0 Å². The van der Waals surface area contributed by atoms with Crippen molar-refractivity contribution in [2.75, 3.05) is 6.54 Å². The normalized spacial score (nSPS) is 13.1. The van der Waals surface area contributed by atoms with Crippen molar-refractivity contribution >= 4 is 17.2 Å². The Bertz CT molecular complexity index is 929. The van der Waals surface area contributed by atoms with Crippen LogP contribution in [-0.4, -0.2) is 12.5 Å². The molecule has 2 atom stereocenters. The number of carbonyl (C=O) groups is 1. The van der Waals surface area contributed by atoms with E-state index in [4.69, 9.17) is 0 Å². The zero-order valence-corrected chi connectivity index (χ0v) is 15.9. The summed E-state index contributed by atoms with van der Waals surface area (Å²) in [6.07, 6.45) is 0. The first-order valence-electron chi connectivity index (χ1n) is 8.70. The number of amides is 1. The van der Waals surface area contributed by atoms with Crippen LogP contribution in [0.5, 0.6) is 0 Å². The molecule has 2 aromatic carbocycles. The van der Waals surface area contributed by atoms with E-state index in [1.807, 2.05) is 17.5 Å². The second-order valence-electron chi connectivity index (χ2n) is 6.34. The second kappa shape index (κ2) is 9.03. The lowest BCUT2D eigenvalue weighted by Crippen LogP contribution is -2.37. The van der Waals surface area contributed by atoms with Crippen LogP contribution < -0.4 is 10.6 Å². The lowest BCUT2D eigenvalue weighted by atomic mass is 10.1. The van der Waals surface area contributed by atoms with Gasteiger partial charge in [0.1, 0.15) is 17.5 Å². The summed E-state index contributed by atoms with van der Waals surface area (Å²) in [5, 5.41) is 7.76. The van der Waals surface area contributed by atoms with Crippen LogP contribution in [0.1, 0.15) is 35.0 Å². The van der Waals surface area contributed by atoms with Gasteiger partial charge in [0.05, 0.1) is 12.6 Å². The van der Waals surface area contributed by atoms with Crippen LogP contribution >= 0.6 is 11.3 Å². The van der Waals surface area contributed by atoms with Gasteiger partial charge >= 0.3 is 0 Å². The molecule has 3 rings (SSSR count). The second-order valence-corrected chi connectivity index (χ2v) is 7.32. The predicted octanol–water partition coefficient (Wildman–Crippen LogP) is 4.72. The van der Waals surface area contributed by atoms with Crippen LogP contribution in [0.2, 0.25) is 0 Å². The molecule has 2 N–H and O–H groups in total. The topological polar surface area (TPSA) is 41.1 Å². The molecule has 146 valence electrons. The fourth-order valence-corrected chi connectivity index (χ4v) is 3.65. The number of rotatable bonds is 7. The van der Waals surface area contributed by atoms with E-state index in [9.17, 15) is 18.0 Å². The van der Waals surface area contributed by atoms with Gasteiger partial charge in [-0.25, -0.2) is 13.2 Å². The van der Waals surface area contributed by atoms with Crippen LogP contribution in [0.25, 0.3) is 0 Å². The maximum atomic E-state index is 13.9. The van der Waals surface area contributed by atoms with Gasteiger partial charge in [-0.15, -0.1) is 11.3 Å². The average Bonchev–Trinajstić information content (AvgIpc) is 3.19. The molecule has 1 aromatic heterocycles. The van der Waals surface area contributed by atoms with E-state index in [0.29, 0.717) is 0 Å². The van der Waals surface area contributed by atoms with Crippen molar-refractivity contribution in [2.45, 2.75) is 19.0 Å². The fraction of sp³-hybridized carbons (Fsp3) is 0.190.